The van der Waals surface area contributed by atoms with Crippen molar-refractivity contribution in [1.82, 2.24) is 4.98 Å². The lowest BCUT2D eigenvalue weighted by Gasteiger charge is -2.29. The summed E-state index contributed by atoms with van der Waals surface area (Å²) >= 11 is 5.85. The highest BCUT2D eigenvalue weighted by atomic mass is 35.5. The summed E-state index contributed by atoms with van der Waals surface area (Å²) in [4.78, 5) is 6.58. The van der Waals surface area contributed by atoms with Crippen LogP contribution in [-0.4, -0.2) is 31.3 Å². The van der Waals surface area contributed by atoms with Crippen LogP contribution in [0.4, 0.5) is 5.82 Å². The van der Waals surface area contributed by atoms with Gasteiger partial charge in [-0.3, -0.25) is 0 Å². The van der Waals surface area contributed by atoms with Crippen LogP contribution in [0.5, 0.6) is 0 Å². The summed E-state index contributed by atoms with van der Waals surface area (Å²) in [6, 6.07) is 3.94. The van der Waals surface area contributed by atoms with Crippen LogP contribution < -0.4 is 4.90 Å². The van der Waals surface area contributed by atoms with E-state index in [-0.39, 0.29) is 0 Å². The first-order valence-electron chi connectivity index (χ1n) is 4.74. The Balaban J connectivity index is 2.20. The van der Waals surface area contributed by atoms with Crippen LogP contribution >= 0.6 is 11.6 Å². The van der Waals surface area contributed by atoms with E-state index >= 15 is 0 Å². The van der Waals surface area contributed by atoms with Crippen LogP contribution in [0.25, 0.3) is 0 Å². The maximum absolute atomic E-state index is 5.85. The first-order chi connectivity index (χ1) is 6.92. The van der Waals surface area contributed by atoms with E-state index in [9.17, 15) is 0 Å². The van der Waals surface area contributed by atoms with Gasteiger partial charge in [0.2, 0.25) is 0 Å². The van der Waals surface area contributed by atoms with Gasteiger partial charge in [0.1, 0.15) is 5.82 Å². The molecule has 0 N–H and O–H groups in total. The number of pyridine rings is 1. The van der Waals surface area contributed by atoms with Gasteiger partial charge in [0, 0.05) is 24.8 Å². The molecule has 1 aliphatic rings. The van der Waals surface area contributed by atoms with E-state index in [0.717, 1.165) is 37.7 Å². The summed E-state index contributed by atoms with van der Waals surface area (Å²) in [7, 11) is 0. The molecule has 0 saturated carbocycles. The molecule has 2 rings (SSSR count). The topological polar surface area (TPSA) is 25.4 Å². The smallest absolute Gasteiger partial charge is 0.133 e. The number of alkyl halides is 1. The molecule has 76 valence electrons. The van der Waals surface area contributed by atoms with Gasteiger partial charge < -0.3 is 9.64 Å². The molecule has 0 aliphatic carbocycles. The lowest BCUT2D eigenvalue weighted by atomic mass is 10.2. The van der Waals surface area contributed by atoms with Gasteiger partial charge in [-0.2, -0.15) is 0 Å². The lowest BCUT2D eigenvalue weighted by Crippen LogP contribution is -2.37. The molecule has 0 aromatic carbocycles. The third-order valence-electron chi connectivity index (χ3n) is 2.32. The number of anilines is 1. The molecule has 1 aliphatic heterocycles. The van der Waals surface area contributed by atoms with Gasteiger partial charge >= 0.3 is 0 Å². The molecular formula is C10H13ClN2O. The van der Waals surface area contributed by atoms with Crippen molar-refractivity contribution >= 4 is 17.4 Å². The molecule has 1 aromatic rings. The van der Waals surface area contributed by atoms with Crippen molar-refractivity contribution in [1.29, 1.82) is 0 Å². The Kier molecular flexibility index (Phi) is 3.22. The SMILES string of the molecule is ClCc1cccnc1N1CCOCC1. The quantitative estimate of drug-likeness (QED) is 0.698. The molecule has 1 saturated heterocycles. The summed E-state index contributed by atoms with van der Waals surface area (Å²) in [5.41, 5.74) is 1.09. The van der Waals surface area contributed by atoms with E-state index < -0.39 is 0 Å². The minimum atomic E-state index is 0.514. The van der Waals surface area contributed by atoms with Crippen LogP contribution in [0.1, 0.15) is 5.56 Å². The van der Waals surface area contributed by atoms with Crippen LogP contribution in [0, 0.1) is 0 Å². The minimum Gasteiger partial charge on any atom is -0.378 e. The summed E-state index contributed by atoms with van der Waals surface area (Å²) in [5.74, 6) is 1.52. The second kappa shape index (κ2) is 4.62. The van der Waals surface area contributed by atoms with E-state index in [4.69, 9.17) is 16.3 Å². The lowest BCUT2D eigenvalue weighted by molar-refractivity contribution is 0.122. The molecule has 0 radical (unpaired) electrons. The minimum absolute atomic E-state index is 0.514. The molecule has 0 amide bonds. The van der Waals surface area contributed by atoms with Crippen molar-refractivity contribution in [2.24, 2.45) is 0 Å². The van der Waals surface area contributed by atoms with E-state index in [0.29, 0.717) is 5.88 Å². The number of ether oxygens (including phenoxy) is 1. The Morgan fingerprint density at radius 2 is 2.21 bits per heavy atom. The Hall–Kier alpha value is -0.800. The van der Waals surface area contributed by atoms with Gasteiger partial charge in [0.05, 0.1) is 19.1 Å². The largest absolute Gasteiger partial charge is 0.378 e. The predicted molar refractivity (Wildman–Crippen MR) is 56.8 cm³/mol. The normalized spacial score (nSPS) is 17.1. The standard InChI is InChI=1S/C10H13ClN2O/c11-8-9-2-1-3-12-10(9)13-4-6-14-7-5-13/h1-3H,4-8H2. The fraction of sp³-hybridized carbons (Fsp3) is 0.500. The molecular weight excluding hydrogens is 200 g/mol. The van der Waals surface area contributed by atoms with Gasteiger partial charge in [-0.15, -0.1) is 11.6 Å². The summed E-state index contributed by atoms with van der Waals surface area (Å²) in [6.45, 7) is 3.36. The van der Waals surface area contributed by atoms with Crippen molar-refractivity contribution in [3.05, 3.63) is 23.9 Å². The Morgan fingerprint density at radius 1 is 1.43 bits per heavy atom. The van der Waals surface area contributed by atoms with E-state index in [2.05, 4.69) is 9.88 Å². The first-order valence-corrected chi connectivity index (χ1v) is 5.28. The summed E-state index contributed by atoms with van der Waals surface area (Å²) < 4.78 is 5.29. The molecule has 1 fully saturated rings. The average molecular weight is 213 g/mol. The van der Waals surface area contributed by atoms with Gasteiger partial charge in [0.25, 0.3) is 0 Å². The first kappa shape index (κ1) is 9.74. The van der Waals surface area contributed by atoms with Crippen LogP contribution in [-0.2, 0) is 10.6 Å². The molecule has 0 bridgehead atoms. The van der Waals surface area contributed by atoms with Crippen molar-refractivity contribution < 1.29 is 4.74 Å². The summed E-state index contributed by atoms with van der Waals surface area (Å²) in [6.07, 6.45) is 1.81. The molecule has 1 aromatic heterocycles. The van der Waals surface area contributed by atoms with Crippen molar-refractivity contribution in [3.63, 3.8) is 0 Å². The van der Waals surface area contributed by atoms with E-state index in [1.54, 1.807) is 6.20 Å². The number of hydrogen-bond acceptors (Lipinski definition) is 3. The fourth-order valence-corrected chi connectivity index (χ4v) is 1.80. The highest BCUT2D eigenvalue weighted by Crippen LogP contribution is 2.19. The molecule has 4 heteroatoms. The zero-order valence-corrected chi connectivity index (χ0v) is 8.70. The highest BCUT2D eigenvalue weighted by molar-refractivity contribution is 6.17. The van der Waals surface area contributed by atoms with E-state index in [1.807, 2.05) is 12.1 Å². The Bertz CT molecular complexity index is 300. The van der Waals surface area contributed by atoms with Crippen LogP contribution in [0.3, 0.4) is 0 Å². The molecule has 0 spiro atoms. The zero-order valence-electron chi connectivity index (χ0n) is 7.95. The third kappa shape index (κ3) is 1.99. The number of morpholine rings is 1. The molecule has 2 heterocycles. The number of rotatable bonds is 2. The average Bonchev–Trinajstić information content (AvgIpc) is 2.30. The molecule has 14 heavy (non-hydrogen) atoms. The number of halogens is 1. The van der Waals surface area contributed by atoms with Crippen molar-refractivity contribution in [3.8, 4) is 0 Å². The third-order valence-corrected chi connectivity index (χ3v) is 2.61. The molecule has 3 nitrogen and oxygen atoms in total. The fourth-order valence-electron chi connectivity index (χ4n) is 1.59. The maximum Gasteiger partial charge on any atom is 0.133 e. The Morgan fingerprint density at radius 3 is 2.93 bits per heavy atom. The van der Waals surface area contributed by atoms with Gasteiger partial charge in [-0.25, -0.2) is 4.98 Å². The number of hydrogen-bond donors (Lipinski definition) is 0. The highest BCUT2D eigenvalue weighted by Gasteiger charge is 2.14. The van der Waals surface area contributed by atoms with Crippen molar-refractivity contribution in [2.75, 3.05) is 31.2 Å². The molecule has 0 unspecified atom stereocenters. The van der Waals surface area contributed by atoms with Gasteiger partial charge in [0.15, 0.2) is 0 Å². The van der Waals surface area contributed by atoms with Crippen LogP contribution in [0.15, 0.2) is 18.3 Å². The Labute approximate surface area is 88.6 Å². The zero-order chi connectivity index (χ0) is 9.80. The maximum atomic E-state index is 5.85. The second-order valence-corrected chi connectivity index (χ2v) is 3.49. The monoisotopic (exact) mass is 212 g/mol. The van der Waals surface area contributed by atoms with Gasteiger partial charge in [-0.05, 0) is 6.07 Å². The predicted octanol–water partition coefficient (Wildman–Crippen LogP) is 1.66. The van der Waals surface area contributed by atoms with Crippen molar-refractivity contribution in [2.45, 2.75) is 5.88 Å². The van der Waals surface area contributed by atoms with Gasteiger partial charge in [-0.1, -0.05) is 6.07 Å². The summed E-state index contributed by atoms with van der Waals surface area (Å²) in [5, 5.41) is 0. The van der Waals surface area contributed by atoms with Crippen LogP contribution in [0.2, 0.25) is 0 Å². The second-order valence-electron chi connectivity index (χ2n) is 3.22. The number of aromatic nitrogens is 1. The van der Waals surface area contributed by atoms with E-state index in [1.165, 1.54) is 0 Å². The molecule has 0 atom stereocenters. The number of nitrogens with zero attached hydrogens (tertiary/aromatic N) is 2.